The van der Waals surface area contributed by atoms with Crippen LogP contribution in [0.15, 0.2) is 85.2 Å². The van der Waals surface area contributed by atoms with E-state index in [0.29, 0.717) is 35.2 Å². The van der Waals surface area contributed by atoms with Gasteiger partial charge >= 0.3 is 0 Å². The van der Waals surface area contributed by atoms with Crippen molar-refractivity contribution in [1.29, 1.82) is 0 Å². The molecule has 0 fully saturated rings. The van der Waals surface area contributed by atoms with Crippen molar-refractivity contribution in [2.24, 2.45) is 0 Å². The molecule has 156 valence electrons. The summed E-state index contributed by atoms with van der Waals surface area (Å²) in [6.07, 6.45) is 3.47. The maximum atomic E-state index is 12.7. The number of rotatable bonds is 7. The van der Waals surface area contributed by atoms with Crippen molar-refractivity contribution in [3.8, 4) is 5.75 Å². The van der Waals surface area contributed by atoms with E-state index in [2.05, 4.69) is 35.5 Å². The van der Waals surface area contributed by atoms with E-state index in [9.17, 15) is 4.79 Å². The van der Waals surface area contributed by atoms with Gasteiger partial charge in [0.25, 0.3) is 5.91 Å². The third kappa shape index (κ3) is 5.53. The van der Waals surface area contributed by atoms with Crippen LogP contribution < -0.4 is 10.1 Å². The zero-order chi connectivity index (χ0) is 21.6. The van der Waals surface area contributed by atoms with Gasteiger partial charge < -0.3 is 10.1 Å². The number of ether oxygens (including phenoxy) is 1. The lowest BCUT2D eigenvalue weighted by Crippen LogP contribution is -2.12. The lowest BCUT2D eigenvalue weighted by molar-refractivity contribution is 0.102. The molecular formula is C25H22ClN3O2. The molecule has 5 nitrogen and oxygen atoms in total. The summed E-state index contributed by atoms with van der Waals surface area (Å²) in [4.78, 5) is 12.7. The van der Waals surface area contributed by atoms with E-state index in [4.69, 9.17) is 16.3 Å². The van der Waals surface area contributed by atoms with Crippen molar-refractivity contribution >= 4 is 23.2 Å². The predicted octanol–water partition coefficient (Wildman–Crippen LogP) is 5.72. The zero-order valence-electron chi connectivity index (χ0n) is 17.1. The molecule has 1 heterocycles. The molecule has 1 N–H and O–H groups in total. The molecule has 0 unspecified atom stereocenters. The molecular weight excluding hydrogens is 410 g/mol. The van der Waals surface area contributed by atoms with Crippen molar-refractivity contribution in [2.75, 3.05) is 5.32 Å². The van der Waals surface area contributed by atoms with Crippen LogP contribution in [-0.4, -0.2) is 15.7 Å². The smallest absolute Gasteiger partial charge is 0.255 e. The molecule has 0 aliphatic heterocycles. The lowest BCUT2D eigenvalue weighted by atomic mass is 10.1. The van der Waals surface area contributed by atoms with Gasteiger partial charge in [0.1, 0.15) is 12.4 Å². The molecule has 3 aromatic carbocycles. The Bertz CT molecular complexity index is 1200. The number of amides is 1. The minimum atomic E-state index is -0.199. The van der Waals surface area contributed by atoms with E-state index in [1.165, 1.54) is 5.56 Å². The molecule has 0 atom stereocenters. The van der Waals surface area contributed by atoms with Gasteiger partial charge in [0, 0.05) is 11.8 Å². The molecule has 0 aliphatic rings. The number of aromatic nitrogens is 2. The van der Waals surface area contributed by atoms with Crippen LogP contribution in [0.3, 0.4) is 0 Å². The summed E-state index contributed by atoms with van der Waals surface area (Å²) in [5.41, 5.74) is 4.44. The number of benzene rings is 3. The fourth-order valence-corrected chi connectivity index (χ4v) is 3.43. The molecule has 0 aliphatic carbocycles. The quantitative estimate of drug-likeness (QED) is 0.407. The second-order valence-corrected chi connectivity index (χ2v) is 7.70. The highest BCUT2D eigenvalue weighted by Crippen LogP contribution is 2.24. The van der Waals surface area contributed by atoms with Gasteiger partial charge in [0.05, 0.1) is 23.5 Å². The lowest BCUT2D eigenvalue weighted by Gasteiger charge is -2.09. The molecule has 1 amide bonds. The van der Waals surface area contributed by atoms with E-state index >= 15 is 0 Å². The fraction of sp³-hybridized carbons (Fsp3) is 0.120. The second kappa shape index (κ2) is 9.49. The molecule has 0 bridgehead atoms. The van der Waals surface area contributed by atoms with Gasteiger partial charge in [-0.2, -0.15) is 5.10 Å². The number of hydrogen-bond donors (Lipinski definition) is 1. The van der Waals surface area contributed by atoms with Gasteiger partial charge in [-0.15, -0.1) is 0 Å². The Kier molecular flexibility index (Phi) is 6.34. The van der Waals surface area contributed by atoms with Crippen LogP contribution in [0.2, 0.25) is 5.02 Å². The van der Waals surface area contributed by atoms with Gasteiger partial charge in [-0.1, -0.05) is 65.7 Å². The number of hydrogen-bond acceptors (Lipinski definition) is 3. The molecule has 0 saturated carbocycles. The number of halogens is 1. The van der Waals surface area contributed by atoms with Crippen molar-refractivity contribution in [3.05, 3.63) is 112 Å². The van der Waals surface area contributed by atoms with E-state index in [1.54, 1.807) is 23.0 Å². The first-order valence-electron chi connectivity index (χ1n) is 9.92. The number of aryl methyl sites for hydroxylation is 1. The van der Waals surface area contributed by atoms with Gasteiger partial charge in [0.2, 0.25) is 0 Å². The van der Waals surface area contributed by atoms with E-state index < -0.39 is 0 Å². The summed E-state index contributed by atoms with van der Waals surface area (Å²) in [6.45, 7) is 3.03. The van der Waals surface area contributed by atoms with E-state index in [-0.39, 0.29) is 5.91 Å². The minimum absolute atomic E-state index is 0.199. The summed E-state index contributed by atoms with van der Waals surface area (Å²) in [7, 11) is 0. The Hall–Kier alpha value is -3.57. The van der Waals surface area contributed by atoms with Gasteiger partial charge in [-0.25, -0.2) is 0 Å². The van der Waals surface area contributed by atoms with Crippen LogP contribution >= 0.6 is 11.6 Å². The second-order valence-electron chi connectivity index (χ2n) is 7.29. The topological polar surface area (TPSA) is 56.2 Å². The Labute approximate surface area is 186 Å². The van der Waals surface area contributed by atoms with Crippen LogP contribution in [0.5, 0.6) is 5.75 Å². The van der Waals surface area contributed by atoms with Gasteiger partial charge in [-0.3, -0.25) is 9.48 Å². The van der Waals surface area contributed by atoms with Crippen LogP contribution in [0, 0.1) is 6.92 Å². The maximum Gasteiger partial charge on any atom is 0.255 e. The number of nitrogens with zero attached hydrogens (tertiary/aromatic N) is 2. The van der Waals surface area contributed by atoms with Crippen molar-refractivity contribution in [1.82, 2.24) is 9.78 Å². The van der Waals surface area contributed by atoms with Crippen LogP contribution in [0.1, 0.15) is 27.0 Å². The average molecular weight is 432 g/mol. The van der Waals surface area contributed by atoms with Crippen molar-refractivity contribution in [2.45, 2.75) is 20.1 Å². The standard InChI is InChI=1S/C25H22ClN3O2/c1-18-6-4-7-19(12-18)15-29-16-22(14-27-29)28-25(30)21-9-5-8-20(13-21)17-31-24-11-3-2-10-23(24)26/h2-14,16H,15,17H2,1H3,(H,28,30). The minimum Gasteiger partial charge on any atom is -0.487 e. The van der Waals surface area contributed by atoms with Crippen LogP contribution in [-0.2, 0) is 13.2 Å². The average Bonchev–Trinajstić information content (AvgIpc) is 3.20. The van der Waals surface area contributed by atoms with Crippen molar-refractivity contribution < 1.29 is 9.53 Å². The number of carbonyl (C=O) groups is 1. The summed E-state index contributed by atoms with van der Waals surface area (Å²) in [5.74, 6) is 0.412. The Morgan fingerprint density at radius 1 is 1.03 bits per heavy atom. The first kappa shape index (κ1) is 20.7. The number of para-hydroxylation sites is 1. The predicted molar refractivity (Wildman–Crippen MR) is 123 cm³/mol. The highest BCUT2D eigenvalue weighted by molar-refractivity contribution is 6.32. The molecule has 1 aromatic heterocycles. The Balaban J connectivity index is 1.38. The van der Waals surface area contributed by atoms with Crippen LogP contribution in [0.4, 0.5) is 5.69 Å². The fourth-order valence-electron chi connectivity index (χ4n) is 3.24. The molecule has 0 spiro atoms. The maximum absolute atomic E-state index is 12.7. The summed E-state index contributed by atoms with van der Waals surface area (Å²) >= 11 is 6.13. The molecule has 31 heavy (non-hydrogen) atoms. The van der Waals surface area contributed by atoms with E-state index in [0.717, 1.165) is 11.1 Å². The highest BCUT2D eigenvalue weighted by Gasteiger charge is 2.09. The number of anilines is 1. The molecule has 0 radical (unpaired) electrons. The van der Waals surface area contributed by atoms with Gasteiger partial charge in [0.15, 0.2) is 0 Å². The van der Waals surface area contributed by atoms with E-state index in [1.807, 2.05) is 48.7 Å². The molecule has 4 rings (SSSR count). The summed E-state index contributed by atoms with van der Waals surface area (Å²) in [6, 6.07) is 22.9. The van der Waals surface area contributed by atoms with Crippen molar-refractivity contribution in [3.63, 3.8) is 0 Å². The Morgan fingerprint density at radius 2 is 1.84 bits per heavy atom. The first-order valence-corrected chi connectivity index (χ1v) is 10.3. The Morgan fingerprint density at radius 3 is 2.68 bits per heavy atom. The highest BCUT2D eigenvalue weighted by atomic mass is 35.5. The third-order valence-electron chi connectivity index (χ3n) is 4.74. The van der Waals surface area contributed by atoms with Crippen LogP contribution in [0.25, 0.3) is 0 Å². The first-order chi connectivity index (χ1) is 15.1. The number of nitrogens with one attached hydrogen (secondary N) is 1. The molecule has 6 heteroatoms. The summed E-state index contributed by atoms with van der Waals surface area (Å²) < 4.78 is 7.57. The third-order valence-corrected chi connectivity index (χ3v) is 5.05. The molecule has 0 saturated heterocycles. The summed E-state index contributed by atoms with van der Waals surface area (Å²) in [5, 5.41) is 7.80. The molecule has 4 aromatic rings. The monoisotopic (exact) mass is 431 g/mol. The zero-order valence-corrected chi connectivity index (χ0v) is 17.8. The normalized spacial score (nSPS) is 10.6. The largest absolute Gasteiger partial charge is 0.487 e. The van der Waals surface area contributed by atoms with Gasteiger partial charge in [-0.05, 0) is 42.3 Å². The number of carbonyl (C=O) groups excluding carboxylic acids is 1. The SMILES string of the molecule is Cc1cccc(Cn2cc(NC(=O)c3cccc(COc4ccccc4Cl)c3)cn2)c1.